The van der Waals surface area contributed by atoms with E-state index < -0.39 is 5.60 Å². The third kappa shape index (κ3) is 3.06. The van der Waals surface area contributed by atoms with Crippen LogP contribution in [0.4, 0.5) is 4.79 Å². The summed E-state index contributed by atoms with van der Waals surface area (Å²) in [6.07, 6.45) is 0.576. The average Bonchev–Trinajstić information content (AvgIpc) is 3.07. The van der Waals surface area contributed by atoms with Gasteiger partial charge in [0, 0.05) is 26.1 Å². The van der Waals surface area contributed by atoms with Crippen LogP contribution in [0.2, 0.25) is 0 Å². The lowest BCUT2D eigenvalue weighted by atomic mass is 10.1. The third-order valence-corrected chi connectivity index (χ3v) is 4.02. The zero-order chi connectivity index (χ0) is 15.1. The van der Waals surface area contributed by atoms with E-state index in [4.69, 9.17) is 9.57 Å². The average molecular weight is 284 g/mol. The largest absolute Gasteiger partial charge is 0.444 e. The van der Waals surface area contributed by atoms with Crippen molar-refractivity contribution in [2.24, 2.45) is 17.8 Å². The molecule has 0 aromatic heterocycles. The van der Waals surface area contributed by atoms with Gasteiger partial charge >= 0.3 is 6.09 Å². The fraction of sp³-hybridized carbons (Fsp3) is 0.857. The normalized spacial score (nSPS) is 28.6. The van der Waals surface area contributed by atoms with Gasteiger partial charge in [0.05, 0.1) is 7.11 Å². The number of carbonyl (C=O) groups is 2. The number of fused-ring (bicyclic) bond motifs is 1. The summed E-state index contributed by atoms with van der Waals surface area (Å²) in [4.78, 5) is 30.8. The van der Waals surface area contributed by atoms with Crippen molar-refractivity contribution in [1.82, 2.24) is 9.96 Å². The highest BCUT2D eigenvalue weighted by Crippen LogP contribution is 2.52. The first kappa shape index (κ1) is 15.1. The Morgan fingerprint density at radius 2 is 1.90 bits per heavy atom. The smallest absolute Gasteiger partial charge is 0.410 e. The standard InChI is InChI=1S/C14H24N2O4/c1-14(2,3)20-13(18)16-7-6-9-10(8-16)11(9)12(17)15(4)19-5/h9-11H,6-8H2,1-5H3. The van der Waals surface area contributed by atoms with Crippen molar-refractivity contribution in [3.05, 3.63) is 0 Å². The predicted octanol–water partition coefficient (Wildman–Crippen LogP) is 1.51. The molecule has 0 N–H and O–H groups in total. The Morgan fingerprint density at radius 1 is 1.25 bits per heavy atom. The molecule has 20 heavy (non-hydrogen) atoms. The molecule has 1 saturated heterocycles. The fourth-order valence-electron chi connectivity index (χ4n) is 2.90. The second kappa shape index (κ2) is 5.24. The van der Waals surface area contributed by atoms with Crippen LogP contribution in [0.15, 0.2) is 0 Å². The topological polar surface area (TPSA) is 59.1 Å². The van der Waals surface area contributed by atoms with E-state index in [2.05, 4.69) is 0 Å². The van der Waals surface area contributed by atoms with E-state index in [-0.39, 0.29) is 23.8 Å². The molecule has 1 saturated carbocycles. The lowest BCUT2D eigenvalue weighted by Crippen LogP contribution is -2.40. The number of nitrogens with zero attached hydrogens (tertiary/aromatic N) is 2. The lowest BCUT2D eigenvalue weighted by Gasteiger charge is -2.29. The summed E-state index contributed by atoms with van der Waals surface area (Å²) in [6, 6.07) is 0. The van der Waals surface area contributed by atoms with E-state index in [0.29, 0.717) is 19.0 Å². The van der Waals surface area contributed by atoms with E-state index in [9.17, 15) is 9.59 Å². The van der Waals surface area contributed by atoms with Crippen molar-refractivity contribution >= 4 is 12.0 Å². The molecule has 2 amide bonds. The maximum atomic E-state index is 12.1. The minimum Gasteiger partial charge on any atom is -0.444 e. The van der Waals surface area contributed by atoms with Crippen LogP contribution in [0.1, 0.15) is 27.2 Å². The zero-order valence-electron chi connectivity index (χ0n) is 12.9. The summed E-state index contributed by atoms with van der Waals surface area (Å²) in [6.45, 7) is 6.84. The molecule has 2 rings (SSSR count). The van der Waals surface area contributed by atoms with Crippen LogP contribution >= 0.6 is 0 Å². The molecule has 0 radical (unpaired) electrons. The molecule has 0 aromatic carbocycles. The molecular formula is C14H24N2O4. The van der Waals surface area contributed by atoms with Crippen molar-refractivity contribution < 1.29 is 19.2 Å². The Balaban J connectivity index is 1.90. The number of carbonyl (C=O) groups excluding carboxylic acids is 2. The quantitative estimate of drug-likeness (QED) is 0.721. The minimum absolute atomic E-state index is 0.00705. The summed E-state index contributed by atoms with van der Waals surface area (Å²) in [5.41, 5.74) is -0.483. The van der Waals surface area contributed by atoms with E-state index >= 15 is 0 Å². The number of hydrogen-bond acceptors (Lipinski definition) is 4. The number of likely N-dealkylation sites (tertiary alicyclic amines) is 1. The molecule has 1 aliphatic carbocycles. The van der Waals surface area contributed by atoms with E-state index in [1.165, 1.54) is 12.2 Å². The minimum atomic E-state index is -0.483. The number of amides is 2. The van der Waals surface area contributed by atoms with Crippen LogP contribution in [0.25, 0.3) is 0 Å². The van der Waals surface area contributed by atoms with Gasteiger partial charge in [-0.25, -0.2) is 9.86 Å². The molecule has 3 atom stereocenters. The molecule has 6 heteroatoms. The SMILES string of the molecule is CON(C)C(=O)C1C2CCN(C(=O)OC(C)(C)C)CC21. The Hall–Kier alpha value is -1.30. The summed E-state index contributed by atoms with van der Waals surface area (Å²) in [5, 5.41) is 1.28. The van der Waals surface area contributed by atoms with Gasteiger partial charge in [-0.05, 0) is 39.0 Å². The Bertz CT molecular complexity index is 404. The van der Waals surface area contributed by atoms with Crippen LogP contribution in [0, 0.1) is 17.8 Å². The molecule has 0 aromatic rings. The monoisotopic (exact) mass is 284 g/mol. The van der Waals surface area contributed by atoms with Gasteiger partial charge in [-0.2, -0.15) is 0 Å². The van der Waals surface area contributed by atoms with Gasteiger partial charge in [-0.3, -0.25) is 9.63 Å². The van der Waals surface area contributed by atoms with Gasteiger partial charge in [0.2, 0.25) is 5.91 Å². The Morgan fingerprint density at radius 3 is 2.45 bits per heavy atom. The number of hydrogen-bond donors (Lipinski definition) is 0. The first-order valence-corrected chi connectivity index (χ1v) is 7.04. The van der Waals surface area contributed by atoms with E-state index in [0.717, 1.165) is 6.42 Å². The molecular weight excluding hydrogens is 260 g/mol. The molecule has 114 valence electrons. The second-order valence-corrected chi connectivity index (χ2v) is 6.59. The summed E-state index contributed by atoms with van der Waals surface area (Å²) in [5.74, 6) is 0.640. The van der Waals surface area contributed by atoms with Crippen molar-refractivity contribution in [3.8, 4) is 0 Å². The van der Waals surface area contributed by atoms with Gasteiger partial charge in [0.1, 0.15) is 5.60 Å². The Labute approximate surface area is 119 Å². The van der Waals surface area contributed by atoms with Crippen molar-refractivity contribution in [3.63, 3.8) is 0 Å². The molecule has 1 heterocycles. The molecule has 2 fully saturated rings. The molecule has 2 aliphatic rings. The molecule has 1 aliphatic heterocycles. The van der Waals surface area contributed by atoms with E-state index in [1.54, 1.807) is 11.9 Å². The second-order valence-electron chi connectivity index (χ2n) is 6.59. The van der Waals surface area contributed by atoms with Gasteiger partial charge in [-0.15, -0.1) is 0 Å². The Kier molecular flexibility index (Phi) is 3.95. The maximum Gasteiger partial charge on any atom is 0.410 e. The van der Waals surface area contributed by atoms with Crippen molar-refractivity contribution in [1.29, 1.82) is 0 Å². The van der Waals surface area contributed by atoms with Gasteiger partial charge in [0.25, 0.3) is 0 Å². The third-order valence-electron chi connectivity index (χ3n) is 4.02. The first-order chi connectivity index (χ1) is 9.24. The van der Waals surface area contributed by atoms with Crippen LogP contribution in [0.5, 0.6) is 0 Å². The van der Waals surface area contributed by atoms with Crippen LogP contribution in [0.3, 0.4) is 0 Å². The number of hydroxylamine groups is 2. The number of rotatable bonds is 2. The summed E-state index contributed by atoms with van der Waals surface area (Å²) in [7, 11) is 3.11. The highest BCUT2D eigenvalue weighted by atomic mass is 16.7. The maximum absolute atomic E-state index is 12.1. The fourth-order valence-corrected chi connectivity index (χ4v) is 2.90. The predicted molar refractivity (Wildman–Crippen MR) is 72.7 cm³/mol. The highest BCUT2D eigenvalue weighted by molar-refractivity contribution is 5.81. The van der Waals surface area contributed by atoms with Crippen LogP contribution < -0.4 is 0 Å². The van der Waals surface area contributed by atoms with Crippen molar-refractivity contribution in [2.75, 3.05) is 27.2 Å². The summed E-state index contributed by atoms with van der Waals surface area (Å²) < 4.78 is 5.38. The summed E-state index contributed by atoms with van der Waals surface area (Å²) >= 11 is 0. The highest BCUT2D eigenvalue weighted by Gasteiger charge is 2.58. The molecule has 0 spiro atoms. The van der Waals surface area contributed by atoms with Crippen LogP contribution in [-0.2, 0) is 14.4 Å². The zero-order valence-corrected chi connectivity index (χ0v) is 12.9. The van der Waals surface area contributed by atoms with Crippen molar-refractivity contribution in [2.45, 2.75) is 32.8 Å². The van der Waals surface area contributed by atoms with Gasteiger partial charge < -0.3 is 9.64 Å². The molecule has 3 unspecified atom stereocenters. The number of ether oxygens (including phenoxy) is 1. The van der Waals surface area contributed by atoms with Gasteiger partial charge in [0.15, 0.2) is 0 Å². The van der Waals surface area contributed by atoms with Gasteiger partial charge in [-0.1, -0.05) is 0 Å². The molecule has 6 nitrogen and oxygen atoms in total. The number of piperidine rings is 1. The first-order valence-electron chi connectivity index (χ1n) is 7.04. The van der Waals surface area contributed by atoms with E-state index in [1.807, 2.05) is 20.8 Å². The van der Waals surface area contributed by atoms with Crippen LogP contribution in [-0.4, -0.2) is 54.8 Å². The molecule has 0 bridgehead atoms. The lowest BCUT2D eigenvalue weighted by molar-refractivity contribution is -0.170.